The number of hydrogen-bond donors (Lipinski definition) is 0. The lowest BCUT2D eigenvalue weighted by Crippen LogP contribution is -2.10. The van der Waals surface area contributed by atoms with Crippen LogP contribution in [0.1, 0.15) is 6.92 Å². The van der Waals surface area contributed by atoms with Gasteiger partial charge in [-0.05, 0) is 83.1 Å². The molecule has 1 heterocycles. The van der Waals surface area contributed by atoms with E-state index in [1.165, 1.54) is 54.8 Å². The van der Waals surface area contributed by atoms with E-state index in [4.69, 9.17) is 0 Å². The number of aromatic nitrogens is 1. The highest BCUT2D eigenvalue weighted by Gasteiger charge is 2.18. The van der Waals surface area contributed by atoms with Crippen LogP contribution < -0.4 is 4.90 Å². The molecule has 0 unspecified atom stereocenters. The first-order valence-corrected chi connectivity index (χ1v) is 15.3. The Labute approximate surface area is 258 Å². The van der Waals surface area contributed by atoms with Crippen molar-refractivity contribution in [2.75, 3.05) is 4.90 Å². The molecule has 0 fully saturated rings. The lowest BCUT2D eigenvalue weighted by atomic mass is 9.95. The third kappa shape index (κ3) is 4.35. The van der Waals surface area contributed by atoms with Gasteiger partial charge in [0.15, 0.2) is 0 Å². The van der Waals surface area contributed by atoms with Crippen LogP contribution >= 0.6 is 0 Å². The molecule has 0 spiro atoms. The number of rotatable bonds is 6. The van der Waals surface area contributed by atoms with E-state index < -0.39 is 0 Å². The van der Waals surface area contributed by atoms with E-state index in [2.05, 4.69) is 180 Å². The molecular formula is C42H32N2. The van der Waals surface area contributed by atoms with Crippen LogP contribution in [0.2, 0.25) is 0 Å². The van der Waals surface area contributed by atoms with Gasteiger partial charge in [0, 0.05) is 45.1 Å². The Kier molecular flexibility index (Phi) is 6.46. The van der Waals surface area contributed by atoms with Crippen molar-refractivity contribution < 1.29 is 0 Å². The van der Waals surface area contributed by atoms with Gasteiger partial charge in [-0.15, -0.1) is 0 Å². The summed E-state index contributed by atoms with van der Waals surface area (Å²) < 4.78 is 2.41. The van der Waals surface area contributed by atoms with E-state index in [1.807, 2.05) is 0 Å². The van der Waals surface area contributed by atoms with Crippen molar-refractivity contribution in [2.45, 2.75) is 13.5 Å². The molecule has 0 saturated heterocycles. The largest absolute Gasteiger partial charge is 0.341 e. The number of benzene rings is 7. The molecule has 0 saturated carbocycles. The normalized spacial score (nSPS) is 11.4. The number of hydrogen-bond acceptors (Lipinski definition) is 1. The quantitative estimate of drug-likeness (QED) is 0.195. The van der Waals surface area contributed by atoms with Crippen LogP contribution in [-0.4, -0.2) is 4.57 Å². The number of aryl methyl sites for hydroxylation is 1. The van der Waals surface area contributed by atoms with Gasteiger partial charge in [0.1, 0.15) is 0 Å². The standard InChI is InChI=1S/C42H32N2/c1-2-43-40-20-12-11-19-38(40)39-29-32(23-27-41(39)43)35-26-28-42(37-18-10-9-17-36(35)37)44(33-15-7-4-8-16-33)34-24-21-31(22-25-34)30-13-5-3-6-14-30/h3-29H,2H2,1H3. The van der Waals surface area contributed by atoms with E-state index >= 15 is 0 Å². The fraction of sp³-hybridized carbons (Fsp3) is 0.0476. The van der Waals surface area contributed by atoms with Crippen LogP contribution in [0.25, 0.3) is 54.8 Å². The molecule has 44 heavy (non-hydrogen) atoms. The fourth-order valence-corrected chi connectivity index (χ4v) is 6.73. The van der Waals surface area contributed by atoms with Gasteiger partial charge in [-0.2, -0.15) is 0 Å². The summed E-state index contributed by atoms with van der Waals surface area (Å²) in [6.07, 6.45) is 0. The summed E-state index contributed by atoms with van der Waals surface area (Å²) in [5.74, 6) is 0. The predicted octanol–water partition coefficient (Wildman–Crippen LogP) is 11.8. The fourth-order valence-electron chi connectivity index (χ4n) is 6.73. The first-order chi connectivity index (χ1) is 21.8. The van der Waals surface area contributed by atoms with Crippen molar-refractivity contribution in [3.63, 3.8) is 0 Å². The summed E-state index contributed by atoms with van der Waals surface area (Å²) in [4.78, 5) is 2.37. The highest BCUT2D eigenvalue weighted by Crippen LogP contribution is 2.43. The Bertz CT molecular complexity index is 2240. The highest BCUT2D eigenvalue weighted by molar-refractivity contribution is 6.11. The predicted molar refractivity (Wildman–Crippen MR) is 188 cm³/mol. The number of para-hydroxylation sites is 2. The van der Waals surface area contributed by atoms with Crippen molar-refractivity contribution in [3.05, 3.63) is 164 Å². The second-order valence-corrected chi connectivity index (χ2v) is 11.3. The average Bonchev–Trinajstić information content (AvgIpc) is 3.42. The Balaban J connectivity index is 1.29. The van der Waals surface area contributed by atoms with Crippen LogP contribution in [0.4, 0.5) is 17.1 Å². The lowest BCUT2D eigenvalue weighted by Gasteiger charge is -2.27. The monoisotopic (exact) mass is 564 g/mol. The van der Waals surface area contributed by atoms with Crippen molar-refractivity contribution in [2.24, 2.45) is 0 Å². The summed E-state index contributed by atoms with van der Waals surface area (Å²) in [5, 5.41) is 5.07. The van der Waals surface area contributed by atoms with Gasteiger partial charge in [0.2, 0.25) is 0 Å². The third-order valence-electron chi connectivity index (χ3n) is 8.79. The third-order valence-corrected chi connectivity index (χ3v) is 8.79. The molecule has 1 aromatic heterocycles. The number of fused-ring (bicyclic) bond motifs is 4. The number of anilines is 3. The Morgan fingerprint density at radius 2 is 1.00 bits per heavy atom. The minimum absolute atomic E-state index is 0.947. The molecule has 210 valence electrons. The molecule has 0 N–H and O–H groups in total. The summed E-state index contributed by atoms with van der Waals surface area (Å²) in [6.45, 7) is 3.17. The summed E-state index contributed by atoms with van der Waals surface area (Å²) in [6, 6.07) is 59.2. The minimum Gasteiger partial charge on any atom is -0.341 e. The topological polar surface area (TPSA) is 8.17 Å². The first-order valence-electron chi connectivity index (χ1n) is 15.3. The van der Waals surface area contributed by atoms with Gasteiger partial charge in [0.05, 0.1) is 5.69 Å². The summed E-state index contributed by atoms with van der Waals surface area (Å²) in [5.41, 5.74) is 10.9. The van der Waals surface area contributed by atoms with Crippen molar-refractivity contribution in [3.8, 4) is 22.3 Å². The minimum atomic E-state index is 0.947. The Morgan fingerprint density at radius 3 is 1.75 bits per heavy atom. The summed E-state index contributed by atoms with van der Waals surface area (Å²) >= 11 is 0. The molecule has 0 atom stereocenters. The molecule has 2 heteroatoms. The van der Waals surface area contributed by atoms with Crippen molar-refractivity contribution in [1.82, 2.24) is 4.57 Å². The maximum Gasteiger partial charge on any atom is 0.0540 e. The van der Waals surface area contributed by atoms with Crippen LogP contribution in [0.15, 0.2) is 164 Å². The first kappa shape index (κ1) is 26.1. The zero-order chi connectivity index (χ0) is 29.5. The zero-order valence-corrected chi connectivity index (χ0v) is 24.7. The van der Waals surface area contributed by atoms with Crippen LogP contribution in [-0.2, 0) is 6.54 Å². The molecule has 2 nitrogen and oxygen atoms in total. The van der Waals surface area contributed by atoms with Gasteiger partial charge in [-0.3, -0.25) is 0 Å². The van der Waals surface area contributed by atoms with E-state index in [0.717, 1.165) is 23.6 Å². The molecule has 0 aliphatic rings. The Hall–Kier alpha value is -5.60. The second kappa shape index (κ2) is 10.9. The second-order valence-electron chi connectivity index (χ2n) is 11.3. The van der Waals surface area contributed by atoms with Crippen molar-refractivity contribution in [1.29, 1.82) is 0 Å². The Morgan fingerprint density at radius 1 is 0.432 bits per heavy atom. The highest BCUT2D eigenvalue weighted by atomic mass is 15.1. The van der Waals surface area contributed by atoms with E-state index in [1.54, 1.807) is 0 Å². The molecule has 0 aliphatic carbocycles. The molecule has 8 rings (SSSR count). The molecule has 0 bridgehead atoms. The molecule has 0 amide bonds. The molecule has 8 aromatic rings. The molecule has 0 aliphatic heterocycles. The molecule has 0 radical (unpaired) electrons. The van der Waals surface area contributed by atoms with Crippen LogP contribution in [0.5, 0.6) is 0 Å². The maximum atomic E-state index is 2.41. The van der Waals surface area contributed by atoms with E-state index in [-0.39, 0.29) is 0 Å². The van der Waals surface area contributed by atoms with E-state index in [0.29, 0.717) is 0 Å². The SMILES string of the molecule is CCn1c2ccccc2c2cc(-c3ccc(N(c4ccccc4)c4ccc(-c5ccccc5)cc4)c4ccccc34)ccc21. The summed E-state index contributed by atoms with van der Waals surface area (Å²) in [7, 11) is 0. The van der Waals surface area contributed by atoms with Gasteiger partial charge in [0.25, 0.3) is 0 Å². The molecule has 7 aromatic carbocycles. The van der Waals surface area contributed by atoms with Crippen LogP contribution in [0, 0.1) is 0 Å². The van der Waals surface area contributed by atoms with Crippen LogP contribution in [0.3, 0.4) is 0 Å². The lowest BCUT2D eigenvalue weighted by molar-refractivity contribution is 0.827. The van der Waals surface area contributed by atoms with Gasteiger partial charge < -0.3 is 9.47 Å². The molecular weight excluding hydrogens is 532 g/mol. The van der Waals surface area contributed by atoms with Gasteiger partial charge >= 0.3 is 0 Å². The van der Waals surface area contributed by atoms with Crippen molar-refractivity contribution >= 4 is 49.6 Å². The average molecular weight is 565 g/mol. The maximum absolute atomic E-state index is 2.41. The van der Waals surface area contributed by atoms with Gasteiger partial charge in [-0.25, -0.2) is 0 Å². The smallest absolute Gasteiger partial charge is 0.0540 e. The van der Waals surface area contributed by atoms with E-state index in [9.17, 15) is 0 Å². The number of nitrogens with zero attached hydrogens (tertiary/aromatic N) is 2. The van der Waals surface area contributed by atoms with Gasteiger partial charge in [-0.1, -0.05) is 115 Å². The zero-order valence-electron chi connectivity index (χ0n) is 24.7.